The van der Waals surface area contributed by atoms with Gasteiger partial charge in [-0.05, 0) is 62.7 Å². The highest BCUT2D eigenvalue weighted by molar-refractivity contribution is 6.31. The lowest BCUT2D eigenvalue weighted by molar-refractivity contribution is 0.101. The molecule has 1 heterocycles. The van der Waals surface area contributed by atoms with Gasteiger partial charge in [-0.15, -0.1) is 0 Å². The Bertz CT molecular complexity index is 955. The van der Waals surface area contributed by atoms with Crippen LogP contribution in [0.2, 0.25) is 5.02 Å². The maximum Gasteiger partial charge on any atom is 0.159 e. The molecule has 0 spiro atoms. The second-order valence-corrected chi connectivity index (χ2v) is 6.44. The second-order valence-electron chi connectivity index (χ2n) is 6.03. The van der Waals surface area contributed by atoms with E-state index in [1.54, 1.807) is 19.1 Å². The molecule has 2 N–H and O–H groups in total. The largest absolute Gasteiger partial charge is 0.340 e. The van der Waals surface area contributed by atoms with Gasteiger partial charge in [-0.1, -0.05) is 17.7 Å². The standard InChI is InChI=1S/C20H19ClN4O/c1-12-4-7-17(10-18(12)21)25-20-11-19(22-14(3)23-20)24-16-8-5-15(6-9-16)13(2)26/h4-11H,1-3H3,(H2,22,23,24,25). The molecule has 6 heteroatoms. The predicted octanol–water partition coefficient (Wildman–Crippen LogP) is 5.44. The second kappa shape index (κ2) is 7.54. The van der Waals surface area contributed by atoms with Crippen molar-refractivity contribution in [3.8, 4) is 0 Å². The third kappa shape index (κ3) is 4.37. The summed E-state index contributed by atoms with van der Waals surface area (Å²) in [7, 11) is 0. The molecule has 0 saturated heterocycles. The SMILES string of the molecule is CC(=O)c1ccc(Nc2cc(Nc3ccc(C)c(Cl)c3)nc(C)n2)cc1. The highest BCUT2D eigenvalue weighted by Crippen LogP contribution is 2.24. The number of carbonyl (C=O) groups excluding carboxylic acids is 1. The van der Waals surface area contributed by atoms with E-state index in [-0.39, 0.29) is 5.78 Å². The van der Waals surface area contributed by atoms with Crippen LogP contribution in [0.1, 0.15) is 28.7 Å². The first-order valence-electron chi connectivity index (χ1n) is 8.17. The van der Waals surface area contributed by atoms with Crippen molar-refractivity contribution in [2.45, 2.75) is 20.8 Å². The van der Waals surface area contributed by atoms with Gasteiger partial charge in [0.05, 0.1) is 0 Å². The van der Waals surface area contributed by atoms with Crippen LogP contribution in [0.5, 0.6) is 0 Å². The zero-order valence-corrected chi connectivity index (χ0v) is 15.6. The molecule has 0 aliphatic heterocycles. The lowest BCUT2D eigenvalue weighted by Gasteiger charge is -2.11. The smallest absolute Gasteiger partial charge is 0.159 e. The molecule has 5 nitrogen and oxygen atoms in total. The molecule has 3 aromatic rings. The monoisotopic (exact) mass is 366 g/mol. The summed E-state index contributed by atoms with van der Waals surface area (Å²) < 4.78 is 0. The summed E-state index contributed by atoms with van der Waals surface area (Å²) in [4.78, 5) is 20.2. The number of hydrogen-bond donors (Lipinski definition) is 2. The first-order valence-corrected chi connectivity index (χ1v) is 8.55. The van der Waals surface area contributed by atoms with Crippen molar-refractivity contribution in [3.63, 3.8) is 0 Å². The summed E-state index contributed by atoms with van der Waals surface area (Å²) >= 11 is 6.18. The number of aromatic nitrogens is 2. The summed E-state index contributed by atoms with van der Waals surface area (Å²) in [6.07, 6.45) is 0. The van der Waals surface area contributed by atoms with Crippen molar-refractivity contribution in [2.75, 3.05) is 10.6 Å². The van der Waals surface area contributed by atoms with E-state index < -0.39 is 0 Å². The fraction of sp³-hybridized carbons (Fsp3) is 0.150. The van der Waals surface area contributed by atoms with Gasteiger partial charge in [0, 0.05) is 28.0 Å². The molecule has 0 amide bonds. The van der Waals surface area contributed by atoms with Crippen molar-refractivity contribution in [1.82, 2.24) is 9.97 Å². The highest BCUT2D eigenvalue weighted by atomic mass is 35.5. The van der Waals surface area contributed by atoms with Crippen LogP contribution in [-0.4, -0.2) is 15.8 Å². The maximum absolute atomic E-state index is 11.4. The minimum atomic E-state index is 0.0395. The van der Waals surface area contributed by atoms with Gasteiger partial charge in [0.1, 0.15) is 17.5 Å². The van der Waals surface area contributed by atoms with Crippen molar-refractivity contribution in [3.05, 3.63) is 70.5 Å². The topological polar surface area (TPSA) is 66.9 Å². The molecule has 0 aliphatic rings. The summed E-state index contributed by atoms with van der Waals surface area (Å²) in [6, 6.07) is 14.8. The van der Waals surface area contributed by atoms with Crippen molar-refractivity contribution < 1.29 is 4.79 Å². The number of anilines is 4. The van der Waals surface area contributed by atoms with Crippen molar-refractivity contribution in [2.24, 2.45) is 0 Å². The number of aryl methyl sites for hydroxylation is 2. The van der Waals surface area contributed by atoms with Crippen LogP contribution in [0.3, 0.4) is 0 Å². The fourth-order valence-electron chi connectivity index (χ4n) is 2.45. The quantitative estimate of drug-likeness (QED) is 0.589. The number of ketones is 1. The molecule has 0 saturated carbocycles. The van der Waals surface area contributed by atoms with Gasteiger partial charge in [0.15, 0.2) is 5.78 Å². The number of rotatable bonds is 5. The first kappa shape index (κ1) is 17.9. The lowest BCUT2D eigenvalue weighted by atomic mass is 10.1. The van der Waals surface area contributed by atoms with Crippen LogP contribution >= 0.6 is 11.6 Å². The van der Waals surface area contributed by atoms with Gasteiger partial charge in [-0.25, -0.2) is 9.97 Å². The average Bonchev–Trinajstić information content (AvgIpc) is 2.58. The van der Waals surface area contributed by atoms with Crippen LogP contribution in [0, 0.1) is 13.8 Å². The van der Waals surface area contributed by atoms with E-state index in [0.29, 0.717) is 28.0 Å². The lowest BCUT2D eigenvalue weighted by Crippen LogP contribution is -2.02. The van der Waals surface area contributed by atoms with E-state index in [1.807, 2.05) is 50.2 Å². The molecule has 0 unspecified atom stereocenters. The molecule has 26 heavy (non-hydrogen) atoms. The zero-order chi connectivity index (χ0) is 18.7. The Kier molecular flexibility index (Phi) is 5.19. The van der Waals surface area contributed by atoms with Gasteiger partial charge in [-0.3, -0.25) is 4.79 Å². The molecule has 3 rings (SSSR count). The highest BCUT2D eigenvalue weighted by Gasteiger charge is 2.05. The fourth-order valence-corrected chi connectivity index (χ4v) is 2.63. The Morgan fingerprint density at radius 1 is 0.885 bits per heavy atom. The van der Waals surface area contributed by atoms with E-state index in [2.05, 4.69) is 20.6 Å². The minimum absolute atomic E-state index is 0.0395. The molecule has 0 atom stereocenters. The molecule has 0 fully saturated rings. The third-order valence-corrected chi connectivity index (χ3v) is 4.25. The number of halogens is 1. The Morgan fingerprint density at radius 2 is 1.46 bits per heavy atom. The maximum atomic E-state index is 11.4. The first-order chi connectivity index (χ1) is 12.4. The van der Waals surface area contributed by atoms with Crippen LogP contribution in [0.15, 0.2) is 48.5 Å². The van der Waals surface area contributed by atoms with Gasteiger partial charge in [0.25, 0.3) is 0 Å². The third-order valence-electron chi connectivity index (χ3n) is 3.85. The van der Waals surface area contributed by atoms with E-state index >= 15 is 0 Å². The average molecular weight is 367 g/mol. The number of benzene rings is 2. The molecule has 2 aromatic carbocycles. The minimum Gasteiger partial charge on any atom is -0.340 e. The van der Waals surface area contributed by atoms with E-state index in [4.69, 9.17) is 11.6 Å². The number of nitrogens with zero attached hydrogens (tertiary/aromatic N) is 2. The van der Waals surface area contributed by atoms with Gasteiger partial charge in [0.2, 0.25) is 0 Å². The Balaban J connectivity index is 1.80. The summed E-state index contributed by atoms with van der Waals surface area (Å²) in [5, 5.41) is 7.17. The molecule has 0 radical (unpaired) electrons. The molecular formula is C20H19ClN4O. The zero-order valence-electron chi connectivity index (χ0n) is 14.8. The number of carbonyl (C=O) groups is 1. The number of nitrogens with one attached hydrogen (secondary N) is 2. The van der Waals surface area contributed by atoms with Gasteiger partial charge >= 0.3 is 0 Å². The van der Waals surface area contributed by atoms with Crippen molar-refractivity contribution >= 4 is 40.4 Å². The number of Topliss-reactive ketones (excluding diaryl/α,β-unsaturated/α-hetero) is 1. The normalized spacial score (nSPS) is 10.5. The Hall–Kier alpha value is -2.92. The number of hydrogen-bond acceptors (Lipinski definition) is 5. The molecule has 132 valence electrons. The van der Waals surface area contributed by atoms with Crippen LogP contribution in [0.4, 0.5) is 23.0 Å². The molecule has 0 aliphatic carbocycles. The summed E-state index contributed by atoms with van der Waals surface area (Å²) in [5.41, 5.74) is 3.40. The summed E-state index contributed by atoms with van der Waals surface area (Å²) in [5.74, 6) is 2.00. The van der Waals surface area contributed by atoms with Crippen LogP contribution in [-0.2, 0) is 0 Å². The van der Waals surface area contributed by atoms with Gasteiger partial charge in [-0.2, -0.15) is 0 Å². The predicted molar refractivity (Wildman–Crippen MR) is 106 cm³/mol. The van der Waals surface area contributed by atoms with Gasteiger partial charge < -0.3 is 10.6 Å². The van der Waals surface area contributed by atoms with Crippen molar-refractivity contribution in [1.29, 1.82) is 0 Å². The van der Waals surface area contributed by atoms with E-state index in [9.17, 15) is 4.79 Å². The Labute approximate surface area is 157 Å². The van der Waals surface area contributed by atoms with Crippen LogP contribution < -0.4 is 10.6 Å². The van der Waals surface area contributed by atoms with E-state index in [0.717, 1.165) is 16.9 Å². The van der Waals surface area contributed by atoms with E-state index in [1.165, 1.54) is 0 Å². The molecule has 0 bridgehead atoms. The molecular weight excluding hydrogens is 348 g/mol. The Morgan fingerprint density at radius 3 is 2.04 bits per heavy atom. The van der Waals surface area contributed by atoms with Crippen LogP contribution in [0.25, 0.3) is 0 Å². The molecule has 1 aromatic heterocycles. The summed E-state index contributed by atoms with van der Waals surface area (Å²) in [6.45, 7) is 5.34.